The summed E-state index contributed by atoms with van der Waals surface area (Å²) in [6.45, 7) is 0. The van der Waals surface area contributed by atoms with Gasteiger partial charge in [-0.25, -0.2) is 4.98 Å². The van der Waals surface area contributed by atoms with Crippen molar-refractivity contribution in [3.05, 3.63) is 83.6 Å². The first-order chi connectivity index (χ1) is 13.6. The standard InChI is InChI=1S/C22H18N2O4/c25-21(26)12-15-7-10-20(23-13-15)28-16-8-5-14(6-9-16)11-18-17-3-1-2-4-19(17)24-22(18)27/h1-10,13,18H,11-12H2,(H,24,27)(H,25,26). The molecule has 1 aromatic heterocycles. The minimum absolute atomic E-state index is 0.0205. The highest BCUT2D eigenvalue weighted by molar-refractivity contribution is 6.03. The number of aromatic nitrogens is 1. The number of fused-ring (bicyclic) bond motifs is 1. The van der Waals surface area contributed by atoms with Gasteiger partial charge in [-0.2, -0.15) is 0 Å². The summed E-state index contributed by atoms with van der Waals surface area (Å²) in [7, 11) is 0. The molecule has 0 saturated carbocycles. The summed E-state index contributed by atoms with van der Waals surface area (Å²) in [5.41, 5.74) is 3.56. The number of carbonyl (C=O) groups is 2. The summed E-state index contributed by atoms with van der Waals surface area (Å²) >= 11 is 0. The van der Waals surface area contributed by atoms with E-state index in [1.165, 1.54) is 6.20 Å². The van der Waals surface area contributed by atoms with Crippen LogP contribution >= 0.6 is 0 Å². The van der Waals surface area contributed by atoms with Gasteiger partial charge in [0.25, 0.3) is 0 Å². The van der Waals surface area contributed by atoms with Gasteiger partial charge in [0.05, 0.1) is 12.3 Å². The highest BCUT2D eigenvalue weighted by Crippen LogP contribution is 2.34. The lowest BCUT2D eigenvalue weighted by Crippen LogP contribution is -2.14. The van der Waals surface area contributed by atoms with Crippen molar-refractivity contribution in [2.75, 3.05) is 5.32 Å². The van der Waals surface area contributed by atoms with Crippen LogP contribution in [0.1, 0.15) is 22.6 Å². The highest BCUT2D eigenvalue weighted by Gasteiger charge is 2.29. The molecule has 6 nitrogen and oxygen atoms in total. The van der Waals surface area contributed by atoms with Gasteiger partial charge in [-0.1, -0.05) is 36.4 Å². The maximum Gasteiger partial charge on any atom is 0.307 e. The smallest absolute Gasteiger partial charge is 0.307 e. The summed E-state index contributed by atoms with van der Waals surface area (Å²) in [5.74, 6) is -0.0484. The van der Waals surface area contributed by atoms with E-state index in [-0.39, 0.29) is 18.2 Å². The molecule has 0 fully saturated rings. The Kier molecular flexibility index (Phi) is 4.76. The Labute approximate surface area is 161 Å². The molecule has 1 aliphatic rings. The molecule has 0 saturated heterocycles. The Morgan fingerprint density at radius 2 is 1.79 bits per heavy atom. The van der Waals surface area contributed by atoms with Gasteiger partial charge in [-0.05, 0) is 41.3 Å². The Bertz CT molecular complexity index is 1010. The number of nitrogens with one attached hydrogen (secondary N) is 1. The molecule has 6 heteroatoms. The van der Waals surface area contributed by atoms with Gasteiger partial charge in [0, 0.05) is 18.0 Å². The topological polar surface area (TPSA) is 88.5 Å². The van der Waals surface area contributed by atoms with Crippen molar-refractivity contribution in [2.45, 2.75) is 18.8 Å². The molecule has 1 aliphatic heterocycles. The summed E-state index contributed by atoms with van der Waals surface area (Å²) < 4.78 is 5.70. The van der Waals surface area contributed by atoms with E-state index in [0.29, 0.717) is 23.6 Å². The zero-order valence-corrected chi connectivity index (χ0v) is 15.0. The summed E-state index contributed by atoms with van der Waals surface area (Å²) in [4.78, 5) is 27.1. The lowest BCUT2D eigenvalue weighted by molar-refractivity contribution is -0.136. The third-order valence-electron chi connectivity index (χ3n) is 4.65. The fourth-order valence-corrected chi connectivity index (χ4v) is 3.28. The molecule has 2 heterocycles. The van der Waals surface area contributed by atoms with Crippen molar-refractivity contribution < 1.29 is 19.4 Å². The maximum atomic E-state index is 12.3. The fourth-order valence-electron chi connectivity index (χ4n) is 3.28. The SMILES string of the molecule is O=C(O)Cc1ccc(Oc2ccc(CC3C(=O)Nc4ccccc43)cc2)nc1. The number of nitrogens with zero attached hydrogens (tertiary/aromatic N) is 1. The molecule has 4 rings (SSSR count). The molecule has 0 bridgehead atoms. The number of rotatable bonds is 6. The number of carboxylic acids is 1. The van der Waals surface area contributed by atoms with Crippen molar-refractivity contribution in [3.63, 3.8) is 0 Å². The van der Waals surface area contributed by atoms with E-state index in [4.69, 9.17) is 9.84 Å². The van der Waals surface area contributed by atoms with Crippen molar-refractivity contribution in [2.24, 2.45) is 0 Å². The number of pyridine rings is 1. The second kappa shape index (κ2) is 7.52. The van der Waals surface area contributed by atoms with Gasteiger partial charge < -0.3 is 15.2 Å². The minimum Gasteiger partial charge on any atom is -0.481 e. The minimum atomic E-state index is -0.898. The van der Waals surface area contributed by atoms with Gasteiger partial charge >= 0.3 is 5.97 Å². The maximum absolute atomic E-state index is 12.3. The highest BCUT2D eigenvalue weighted by atomic mass is 16.5. The average Bonchev–Trinajstić information content (AvgIpc) is 3.00. The Morgan fingerprint density at radius 3 is 2.50 bits per heavy atom. The van der Waals surface area contributed by atoms with Crippen LogP contribution in [0, 0.1) is 0 Å². The van der Waals surface area contributed by atoms with Crippen molar-refractivity contribution >= 4 is 17.6 Å². The van der Waals surface area contributed by atoms with Crippen LogP contribution in [0.3, 0.4) is 0 Å². The molecular weight excluding hydrogens is 356 g/mol. The third kappa shape index (κ3) is 3.86. The van der Waals surface area contributed by atoms with Gasteiger partial charge in [0.15, 0.2) is 0 Å². The molecule has 1 unspecified atom stereocenters. The van der Waals surface area contributed by atoms with Crippen molar-refractivity contribution in [3.8, 4) is 11.6 Å². The molecular formula is C22H18N2O4. The van der Waals surface area contributed by atoms with Gasteiger partial charge in [0.1, 0.15) is 5.75 Å². The van der Waals surface area contributed by atoms with Gasteiger partial charge in [-0.15, -0.1) is 0 Å². The van der Waals surface area contributed by atoms with Crippen LogP contribution < -0.4 is 10.1 Å². The Morgan fingerprint density at radius 1 is 1.04 bits per heavy atom. The molecule has 140 valence electrons. The van der Waals surface area contributed by atoms with E-state index in [9.17, 15) is 9.59 Å². The molecule has 1 amide bonds. The largest absolute Gasteiger partial charge is 0.481 e. The van der Waals surface area contributed by atoms with Crippen LogP contribution in [0.5, 0.6) is 11.6 Å². The zero-order valence-electron chi connectivity index (χ0n) is 15.0. The third-order valence-corrected chi connectivity index (χ3v) is 4.65. The van der Waals surface area contributed by atoms with Crippen LogP contribution in [-0.2, 0) is 22.4 Å². The van der Waals surface area contributed by atoms with Crippen LogP contribution in [0.15, 0.2) is 66.9 Å². The van der Waals surface area contributed by atoms with Gasteiger partial charge in [-0.3, -0.25) is 9.59 Å². The summed E-state index contributed by atoms with van der Waals surface area (Å²) in [6, 6.07) is 18.6. The normalized spacial score (nSPS) is 15.0. The van der Waals surface area contributed by atoms with E-state index in [2.05, 4.69) is 10.3 Å². The molecule has 1 atom stereocenters. The van der Waals surface area contributed by atoms with E-state index < -0.39 is 5.97 Å². The molecule has 3 aromatic rings. The second-order valence-electron chi connectivity index (χ2n) is 6.65. The van der Waals surface area contributed by atoms with Gasteiger partial charge in [0.2, 0.25) is 11.8 Å². The number of benzene rings is 2. The van der Waals surface area contributed by atoms with Crippen LogP contribution in [0.2, 0.25) is 0 Å². The molecule has 2 aromatic carbocycles. The monoisotopic (exact) mass is 374 g/mol. The predicted octanol–water partition coefficient (Wildman–Crippen LogP) is 3.78. The number of hydrogen-bond acceptors (Lipinski definition) is 4. The first-order valence-electron chi connectivity index (χ1n) is 8.92. The van der Waals surface area contributed by atoms with Crippen LogP contribution in [-0.4, -0.2) is 22.0 Å². The lowest BCUT2D eigenvalue weighted by Gasteiger charge is -2.10. The van der Waals surface area contributed by atoms with Crippen LogP contribution in [0.25, 0.3) is 0 Å². The number of carbonyl (C=O) groups excluding carboxylic acids is 1. The molecule has 28 heavy (non-hydrogen) atoms. The fraction of sp³-hybridized carbons (Fsp3) is 0.136. The molecule has 2 N–H and O–H groups in total. The predicted molar refractivity (Wildman–Crippen MR) is 104 cm³/mol. The zero-order chi connectivity index (χ0) is 19.5. The van der Waals surface area contributed by atoms with E-state index in [0.717, 1.165) is 16.8 Å². The summed E-state index contributed by atoms with van der Waals surface area (Å²) in [5, 5.41) is 11.7. The second-order valence-corrected chi connectivity index (χ2v) is 6.65. The first kappa shape index (κ1) is 17.7. The average molecular weight is 374 g/mol. The van der Waals surface area contributed by atoms with Crippen LogP contribution in [0.4, 0.5) is 5.69 Å². The Balaban J connectivity index is 1.42. The first-order valence-corrected chi connectivity index (χ1v) is 8.92. The number of carboxylic acid groups (broad SMARTS) is 1. The van der Waals surface area contributed by atoms with E-state index in [1.807, 2.05) is 48.5 Å². The van der Waals surface area contributed by atoms with E-state index >= 15 is 0 Å². The number of hydrogen-bond donors (Lipinski definition) is 2. The molecule has 0 radical (unpaired) electrons. The summed E-state index contributed by atoms with van der Waals surface area (Å²) in [6.07, 6.45) is 2.04. The molecule has 0 aliphatic carbocycles. The van der Waals surface area contributed by atoms with Crippen molar-refractivity contribution in [1.82, 2.24) is 4.98 Å². The number of amides is 1. The number of anilines is 1. The number of para-hydroxylation sites is 1. The molecule has 0 spiro atoms. The number of ether oxygens (including phenoxy) is 1. The van der Waals surface area contributed by atoms with Crippen molar-refractivity contribution in [1.29, 1.82) is 0 Å². The van der Waals surface area contributed by atoms with E-state index in [1.54, 1.807) is 12.1 Å². The quantitative estimate of drug-likeness (QED) is 0.685. The number of aliphatic carboxylic acids is 1. The lowest BCUT2D eigenvalue weighted by atomic mass is 9.93. The Hall–Kier alpha value is -3.67.